The molecule has 3 aliphatic rings. The van der Waals surface area contributed by atoms with Crippen LogP contribution in [-0.2, 0) is 4.79 Å². The first kappa shape index (κ1) is 32.6. The second kappa shape index (κ2) is 13.3. The third kappa shape index (κ3) is 5.99. The van der Waals surface area contributed by atoms with E-state index in [1.165, 1.54) is 23.5 Å². The van der Waals surface area contributed by atoms with E-state index in [4.69, 9.17) is 16.1 Å². The normalized spacial score (nSPS) is 20.9. The first-order valence-corrected chi connectivity index (χ1v) is 16.9. The molecule has 8 rings (SSSR count). The van der Waals surface area contributed by atoms with Crippen molar-refractivity contribution in [3.05, 3.63) is 84.1 Å². The zero-order valence-electron chi connectivity index (χ0n) is 27.6. The number of amides is 1. The lowest BCUT2D eigenvalue weighted by molar-refractivity contribution is -0.128. The van der Waals surface area contributed by atoms with Crippen LogP contribution in [0.15, 0.2) is 66.9 Å². The number of carbonyl (C=O) groups excluding carboxylic acids is 1. The van der Waals surface area contributed by atoms with Crippen molar-refractivity contribution in [1.29, 1.82) is 0 Å². The molecule has 3 aromatic heterocycles. The Morgan fingerprint density at radius 3 is 2.61 bits per heavy atom. The van der Waals surface area contributed by atoms with Crippen molar-refractivity contribution < 1.29 is 22.7 Å². The average molecular weight is 691 g/mol. The van der Waals surface area contributed by atoms with Gasteiger partial charge in [0.05, 0.1) is 10.9 Å². The van der Waals surface area contributed by atoms with Gasteiger partial charge in [-0.25, -0.2) is 23.1 Å². The first-order chi connectivity index (χ1) is 24.8. The van der Waals surface area contributed by atoms with Crippen LogP contribution in [0.3, 0.4) is 0 Å². The number of terminal acetylenes is 1. The van der Waals surface area contributed by atoms with Gasteiger partial charge in [-0.3, -0.25) is 14.7 Å². The van der Waals surface area contributed by atoms with Gasteiger partial charge < -0.3 is 14.5 Å². The molecule has 258 valence electrons. The molecule has 13 heteroatoms. The highest BCUT2D eigenvalue weighted by molar-refractivity contribution is 6.02. The van der Waals surface area contributed by atoms with E-state index in [9.17, 15) is 13.6 Å². The molecule has 1 amide bonds. The summed E-state index contributed by atoms with van der Waals surface area (Å²) in [7, 11) is 0. The second-order valence-corrected chi connectivity index (χ2v) is 13.1. The third-order valence-corrected chi connectivity index (χ3v) is 10.1. The number of ether oxygens (including phenoxy) is 1. The number of rotatable bonds is 7. The van der Waals surface area contributed by atoms with Gasteiger partial charge in [0.15, 0.2) is 17.5 Å². The fourth-order valence-electron chi connectivity index (χ4n) is 7.65. The van der Waals surface area contributed by atoms with E-state index in [1.807, 2.05) is 29.2 Å². The minimum atomic E-state index is -0.971. The summed E-state index contributed by atoms with van der Waals surface area (Å²) in [5.74, 6) is 0.738. The summed E-state index contributed by atoms with van der Waals surface area (Å²) in [5, 5.41) is 1.88. The van der Waals surface area contributed by atoms with Gasteiger partial charge in [-0.05, 0) is 36.9 Å². The lowest BCUT2D eigenvalue weighted by Crippen LogP contribution is -2.49. The Labute approximate surface area is 292 Å². The molecule has 3 saturated heterocycles. The number of nitrogens with zero attached hydrogens (tertiary/aromatic N) is 8. The number of halogens is 3. The van der Waals surface area contributed by atoms with E-state index in [0.717, 1.165) is 30.8 Å². The lowest BCUT2D eigenvalue weighted by atomic mass is 9.95. The molecule has 10 nitrogen and oxygen atoms in total. The van der Waals surface area contributed by atoms with Crippen LogP contribution in [0.25, 0.3) is 39.0 Å². The second-order valence-electron chi connectivity index (χ2n) is 13.1. The molecule has 0 bridgehead atoms. The molecule has 0 unspecified atom stereocenters. The van der Waals surface area contributed by atoms with Crippen molar-refractivity contribution in [3.8, 4) is 29.6 Å². The van der Waals surface area contributed by atoms with Crippen LogP contribution in [0, 0.1) is 18.2 Å². The van der Waals surface area contributed by atoms with Crippen LogP contribution in [0.4, 0.5) is 19.0 Å². The average Bonchev–Trinajstić information content (AvgIpc) is 3.69. The highest BCUT2D eigenvalue weighted by Crippen LogP contribution is 2.41. The molecule has 2 atom stereocenters. The van der Waals surface area contributed by atoms with Crippen LogP contribution in [0.2, 0.25) is 0 Å². The smallest absolute Gasteiger partial charge is 0.319 e. The predicted molar refractivity (Wildman–Crippen MR) is 187 cm³/mol. The zero-order valence-corrected chi connectivity index (χ0v) is 27.6. The van der Waals surface area contributed by atoms with Gasteiger partial charge in [0.25, 0.3) is 5.91 Å². The number of anilines is 1. The quantitative estimate of drug-likeness (QED) is 0.165. The molecule has 3 aliphatic heterocycles. The lowest BCUT2D eigenvalue weighted by Gasteiger charge is -2.35. The van der Waals surface area contributed by atoms with Gasteiger partial charge in [-0.15, -0.1) is 6.42 Å². The number of piperazine rings is 1. The Morgan fingerprint density at radius 1 is 1.04 bits per heavy atom. The van der Waals surface area contributed by atoms with Crippen LogP contribution in [-0.4, -0.2) is 98.2 Å². The van der Waals surface area contributed by atoms with Gasteiger partial charge in [0, 0.05) is 80.3 Å². The number of benzene rings is 2. The number of fused-ring (bicyclic) bond motifs is 3. The van der Waals surface area contributed by atoms with E-state index >= 15 is 4.39 Å². The number of aromatic nitrogens is 5. The summed E-state index contributed by atoms with van der Waals surface area (Å²) < 4.78 is 52.5. The minimum Gasteiger partial charge on any atom is -0.461 e. The van der Waals surface area contributed by atoms with Gasteiger partial charge in [-0.2, -0.15) is 9.97 Å². The van der Waals surface area contributed by atoms with Gasteiger partial charge >= 0.3 is 6.01 Å². The Kier molecular flexibility index (Phi) is 8.47. The molecular formula is C38H33F3N8O2. The molecule has 5 aromatic rings. The fourth-order valence-corrected chi connectivity index (χ4v) is 7.65. The summed E-state index contributed by atoms with van der Waals surface area (Å²) in [5.41, 5.74) is 0.730. The summed E-state index contributed by atoms with van der Waals surface area (Å²) in [6, 6.07) is 12.6. The van der Waals surface area contributed by atoms with Crippen molar-refractivity contribution in [2.24, 2.45) is 0 Å². The Balaban J connectivity index is 1.15. The maximum absolute atomic E-state index is 16.8. The molecular weight excluding hydrogens is 657 g/mol. The Morgan fingerprint density at radius 2 is 1.82 bits per heavy atom. The van der Waals surface area contributed by atoms with E-state index in [2.05, 4.69) is 30.8 Å². The SMILES string of the molecule is C#Cc1cccc2cccc(-c3ncc4c(N5CCN(C(=O)/C(F)=C/c6ncccn6)CC5)nc(OC[C@@]56CCCN5C[C@H](F)C6)nc4c3F)c12. The number of hydrogen-bond donors (Lipinski definition) is 0. The van der Waals surface area contributed by atoms with Crippen molar-refractivity contribution in [2.45, 2.75) is 31.0 Å². The van der Waals surface area contributed by atoms with E-state index in [0.29, 0.717) is 40.7 Å². The van der Waals surface area contributed by atoms with E-state index in [-0.39, 0.29) is 55.8 Å². The molecule has 0 saturated carbocycles. The van der Waals surface area contributed by atoms with Crippen LogP contribution >= 0.6 is 0 Å². The zero-order chi connectivity index (χ0) is 35.1. The van der Waals surface area contributed by atoms with Crippen molar-refractivity contribution in [2.75, 3.05) is 50.8 Å². The minimum absolute atomic E-state index is 0.00102. The Hall–Kier alpha value is -5.61. The summed E-state index contributed by atoms with van der Waals surface area (Å²) in [6.45, 7) is 2.19. The molecule has 0 aliphatic carbocycles. The van der Waals surface area contributed by atoms with Crippen molar-refractivity contribution >= 4 is 39.5 Å². The van der Waals surface area contributed by atoms with Crippen molar-refractivity contribution in [1.82, 2.24) is 34.7 Å². The number of carbonyl (C=O) groups is 1. The van der Waals surface area contributed by atoms with Gasteiger partial charge in [0.1, 0.15) is 29.8 Å². The highest BCUT2D eigenvalue weighted by Gasteiger charge is 2.49. The Bertz CT molecular complexity index is 2220. The van der Waals surface area contributed by atoms with Crippen LogP contribution < -0.4 is 9.64 Å². The highest BCUT2D eigenvalue weighted by atomic mass is 19.1. The third-order valence-electron chi connectivity index (χ3n) is 10.1. The topological polar surface area (TPSA) is 100 Å². The summed E-state index contributed by atoms with van der Waals surface area (Å²) >= 11 is 0. The van der Waals surface area contributed by atoms with Crippen LogP contribution in [0.1, 0.15) is 30.7 Å². The molecule has 0 radical (unpaired) electrons. The van der Waals surface area contributed by atoms with Crippen molar-refractivity contribution in [3.63, 3.8) is 0 Å². The molecule has 2 aromatic carbocycles. The van der Waals surface area contributed by atoms with E-state index < -0.39 is 29.3 Å². The van der Waals surface area contributed by atoms with E-state index in [1.54, 1.807) is 18.2 Å². The monoisotopic (exact) mass is 690 g/mol. The fraction of sp³-hybridized carbons (Fsp3) is 0.316. The number of pyridine rings is 1. The predicted octanol–water partition coefficient (Wildman–Crippen LogP) is 5.37. The first-order valence-electron chi connectivity index (χ1n) is 16.9. The maximum atomic E-state index is 16.8. The molecule has 0 spiro atoms. The number of hydrogen-bond acceptors (Lipinski definition) is 9. The van der Waals surface area contributed by atoms with Crippen LogP contribution in [0.5, 0.6) is 6.01 Å². The molecule has 51 heavy (non-hydrogen) atoms. The summed E-state index contributed by atoms with van der Waals surface area (Å²) in [4.78, 5) is 40.2. The molecule has 0 N–H and O–H groups in total. The summed E-state index contributed by atoms with van der Waals surface area (Å²) in [6.07, 6.45) is 12.4. The number of alkyl halides is 1. The molecule has 6 heterocycles. The maximum Gasteiger partial charge on any atom is 0.319 e. The largest absolute Gasteiger partial charge is 0.461 e. The van der Waals surface area contributed by atoms with Gasteiger partial charge in [-0.1, -0.05) is 36.3 Å². The van der Waals surface area contributed by atoms with Gasteiger partial charge in [0.2, 0.25) is 0 Å². The standard InChI is InChI=1S/C38H33F3N8O2/c1-2-24-7-3-8-25-9-4-10-27(31(24)25)33-32(41)34-28(21-44-33)35(46-37(45-34)51-23-38-11-5-14-49(38)22-26(39)20-38)47-15-17-48(18-16-47)36(50)29(40)19-30-42-12-6-13-43-30/h1,3-4,6-10,12-13,19,21,26H,5,11,14-18,20,22-23H2/b29-19-/t26-,38+/m1/s1. The molecule has 3 fully saturated rings.